The number of aliphatic hydroxyl groups is 1. The highest BCUT2D eigenvalue weighted by molar-refractivity contribution is 5.01. The molecule has 0 bridgehead atoms. The summed E-state index contributed by atoms with van der Waals surface area (Å²) in [6.07, 6.45) is 0.263. The molecular weight excluding hydrogens is 226 g/mol. The molecule has 7 nitrogen and oxygen atoms in total. The molecule has 0 unspecified atom stereocenters. The first-order valence-electron chi connectivity index (χ1n) is 5.28. The number of H-pyrrole nitrogens is 1. The Balaban J connectivity index is 2.96. The molecule has 1 aromatic heterocycles. The zero-order valence-electron chi connectivity index (χ0n) is 9.84. The molecule has 0 aliphatic rings. The van der Waals surface area contributed by atoms with Crippen molar-refractivity contribution in [1.82, 2.24) is 9.55 Å². The smallest absolute Gasteiger partial charge is 0.330 e. The van der Waals surface area contributed by atoms with Gasteiger partial charge in [-0.1, -0.05) is 0 Å². The van der Waals surface area contributed by atoms with Gasteiger partial charge in [0.2, 0.25) is 0 Å². The molecule has 1 heterocycles. The Morgan fingerprint density at radius 2 is 2.24 bits per heavy atom. The van der Waals surface area contributed by atoms with Crippen molar-refractivity contribution in [3.05, 3.63) is 32.6 Å². The maximum atomic E-state index is 11.5. The van der Waals surface area contributed by atoms with E-state index in [0.29, 0.717) is 5.56 Å². The fraction of sp³-hybridized carbons (Fsp3) is 0.600. The van der Waals surface area contributed by atoms with Crippen molar-refractivity contribution < 1.29 is 9.84 Å². The molecule has 0 amide bonds. The Bertz CT molecular complexity index is 475. The van der Waals surface area contributed by atoms with Gasteiger partial charge in [0.15, 0.2) is 0 Å². The van der Waals surface area contributed by atoms with Crippen molar-refractivity contribution in [3.63, 3.8) is 0 Å². The summed E-state index contributed by atoms with van der Waals surface area (Å²) in [6.45, 7) is 3.15. The maximum Gasteiger partial charge on any atom is 0.330 e. The highest BCUT2D eigenvalue weighted by Gasteiger charge is 2.14. The molecule has 17 heavy (non-hydrogen) atoms. The van der Waals surface area contributed by atoms with Gasteiger partial charge in [-0.25, -0.2) is 4.79 Å². The lowest BCUT2D eigenvalue weighted by Gasteiger charge is -2.21. The molecule has 96 valence electrons. The van der Waals surface area contributed by atoms with Crippen LogP contribution in [0.4, 0.5) is 0 Å². The largest absolute Gasteiger partial charge is 0.394 e. The van der Waals surface area contributed by atoms with Gasteiger partial charge in [-0.05, 0) is 13.8 Å². The molecule has 1 rings (SSSR count). The van der Waals surface area contributed by atoms with Crippen LogP contribution in [0.1, 0.15) is 18.7 Å². The number of nitrogens with zero attached hydrogens (tertiary/aromatic N) is 1. The van der Waals surface area contributed by atoms with Crippen LogP contribution in [-0.4, -0.2) is 33.9 Å². The molecule has 0 saturated heterocycles. The first-order valence-corrected chi connectivity index (χ1v) is 5.28. The second kappa shape index (κ2) is 5.76. The van der Waals surface area contributed by atoms with E-state index in [1.54, 1.807) is 13.8 Å². The number of ether oxygens (including phenoxy) is 1. The molecule has 0 radical (unpaired) electrons. The van der Waals surface area contributed by atoms with Gasteiger partial charge in [0.1, 0.15) is 6.23 Å². The van der Waals surface area contributed by atoms with E-state index >= 15 is 0 Å². The van der Waals surface area contributed by atoms with Gasteiger partial charge in [-0.2, -0.15) is 0 Å². The van der Waals surface area contributed by atoms with Crippen molar-refractivity contribution in [2.45, 2.75) is 26.2 Å². The summed E-state index contributed by atoms with van der Waals surface area (Å²) < 4.78 is 6.62. The number of aromatic amines is 1. The molecular formula is C10H17N3O4. The number of hydrogen-bond donors (Lipinski definition) is 3. The van der Waals surface area contributed by atoms with Gasteiger partial charge in [0.05, 0.1) is 12.7 Å². The normalized spacial score (nSPS) is 14.6. The summed E-state index contributed by atoms with van der Waals surface area (Å²) in [6, 6.07) is 0. The van der Waals surface area contributed by atoms with E-state index in [1.165, 1.54) is 10.8 Å². The number of nitrogens with two attached hydrogens (primary N) is 1. The number of rotatable bonds is 5. The first kappa shape index (κ1) is 13.6. The van der Waals surface area contributed by atoms with Crippen molar-refractivity contribution in [1.29, 1.82) is 0 Å². The third-order valence-corrected chi connectivity index (χ3v) is 2.39. The molecule has 0 fully saturated rings. The van der Waals surface area contributed by atoms with Gasteiger partial charge in [-0.15, -0.1) is 0 Å². The lowest BCUT2D eigenvalue weighted by atomic mass is 10.3. The summed E-state index contributed by atoms with van der Waals surface area (Å²) in [5.74, 6) is 0. The minimum atomic E-state index is -0.612. The number of aliphatic hydroxyl groups excluding tert-OH is 1. The van der Waals surface area contributed by atoms with Crippen molar-refractivity contribution in [2.24, 2.45) is 5.73 Å². The van der Waals surface area contributed by atoms with Gasteiger partial charge in [0, 0.05) is 18.3 Å². The van der Waals surface area contributed by atoms with Crippen molar-refractivity contribution in [3.8, 4) is 0 Å². The summed E-state index contributed by atoms with van der Waals surface area (Å²) in [7, 11) is 0. The molecule has 0 aromatic carbocycles. The van der Waals surface area contributed by atoms with E-state index in [2.05, 4.69) is 4.98 Å². The average molecular weight is 243 g/mol. The van der Waals surface area contributed by atoms with Gasteiger partial charge in [0.25, 0.3) is 5.56 Å². The van der Waals surface area contributed by atoms with Gasteiger partial charge < -0.3 is 15.6 Å². The Kier molecular flexibility index (Phi) is 4.62. The predicted molar refractivity (Wildman–Crippen MR) is 61.8 cm³/mol. The van der Waals surface area contributed by atoms with Crippen LogP contribution in [0.5, 0.6) is 0 Å². The zero-order chi connectivity index (χ0) is 13.0. The molecule has 0 spiro atoms. The van der Waals surface area contributed by atoms with E-state index in [-0.39, 0.29) is 13.2 Å². The van der Waals surface area contributed by atoms with Crippen LogP contribution in [0.15, 0.2) is 15.8 Å². The molecule has 2 atom stereocenters. The lowest BCUT2D eigenvalue weighted by Crippen LogP contribution is -2.36. The number of aryl methyl sites for hydroxylation is 1. The highest BCUT2D eigenvalue weighted by Crippen LogP contribution is 2.07. The van der Waals surface area contributed by atoms with Gasteiger partial charge >= 0.3 is 5.69 Å². The van der Waals surface area contributed by atoms with E-state index in [1.807, 2.05) is 0 Å². The standard InChI is InChI=1S/C10H17N3O4/c1-6-4-13(10(16)12-9(6)15)7(2)17-8(3-11)5-14/h4,7-8,14H,3,5,11H2,1-2H3,(H,12,15,16)/t7-,8+/m1/s1. The first-order chi connectivity index (χ1) is 7.99. The fourth-order valence-corrected chi connectivity index (χ4v) is 1.37. The summed E-state index contributed by atoms with van der Waals surface area (Å²) in [5, 5.41) is 8.94. The molecule has 7 heteroatoms. The zero-order valence-corrected chi connectivity index (χ0v) is 9.84. The second-order valence-corrected chi connectivity index (χ2v) is 3.75. The van der Waals surface area contributed by atoms with E-state index < -0.39 is 23.6 Å². The van der Waals surface area contributed by atoms with E-state index in [0.717, 1.165) is 0 Å². The van der Waals surface area contributed by atoms with Crippen LogP contribution >= 0.6 is 0 Å². The molecule has 1 aromatic rings. The predicted octanol–water partition coefficient (Wildman–Crippen LogP) is -1.30. The minimum absolute atomic E-state index is 0.151. The maximum absolute atomic E-state index is 11.5. The van der Waals surface area contributed by atoms with E-state index in [9.17, 15) is 9.59 Å². The molecule has 0 aliphatic heterocycles. The quantitative estimate of drug-likeness (QED) is 0.595. The number of hydrogen-bond acceptors (Lipinski definition) is 5. The lowest BCUT2D eigenvalue weighted by molar-refractivity contribution is -0.0624. The number of nitrogens with one attached hydrogen (secondary N) is 1. The Morgan fingerprint density at radius 1 is 1.59 bits per heavy atom. The van der Waals surface area contributed by atoms with Crippen LogP contribution in [0.25, 0.3) is 0 Å². The minimum Gasteiger partial charge on any atom is -0.394 e. The number of aromatic nitrogens is 2. The Morgan fingerprint density at radius 3 is 2.76 bits per heavy atom. The van der Waals surface area contributed by atoms with Crippen LogP contribution < -0.4 is 17.0 Å². The molecule has 4 N–H and O–H groups in total. The van der Waals surface area contributed by atoms with Crippen molar-refractivity contribution in [2.75, 3.05) is 13.2 Å². The summed E-state index contributed by atoms with van der Waals surface area (Å²) in [5.41, 5.74) is 4.81. The highest BCUT2D eigenvalue weighted by atomic mass is 16.5. The van der Waals surface area contributed by atoms with Crippen LogP contribution in [0.2, 0.25) is 0 Å². The van der Waals surface area contributed by atoms with Crippen molar-refractivity contribution >= 4 is 0 Å². The van der Waals surface area contributed by atoms with E-state index in [4.69, 9.17) is 15.6 Å². The monoisotopic (exact) mass is 243 g/mol. The Hall–Kier alpha value is -1.44. The van der Waals surface area contributed by atoms with Gasteiger partial charge in [-0.3, -0.25) is 14.3 Å². The van der Waals surface area contributed by atoms with Crippen LogP contribution in [0, 0.1) is 6.92 Å². The third kappa shape index (κ3) is 3.26. The second-order valence-electron chi connectivity index (χ2n) is 3.75. The average Bonchev–Trinajstić information content (AvgIpc) is 2.30. The topological polar surface area (TPSA) is 110 Å². The summed E-state index contributed by atoms with van der Waals surface area (Å²) in [4.78, 5) is 24.9. The summed E-state index contributed by atoms with van der Waals surface area (Å²) >= 11 is 0. The van der Waals surface area contributed by atoms with Crippen LogP contribution in [-0.2, 0) is 4.74 Å². The third-order valence-electron chi connectivity index (χ3n) is 2.39. The molecule has 0 saturated carbocycles. The SMILES string of the molecule is Cc1cn([C@@H](C)O[C@@H](CN)CO)c(=O)[nH]c1=O. The fourth-order valence-electron chi connectivity index (χ4n) is 1.37. The van der Waals surface area contributed by atoms with Crippen LogP contribution in [0.3, 0.4) is 0 Å². The molecule has 0 aliphatic carbocycles. The Labute approximate surface area is 97.8 Å².